The molecule has 1 saturated heterocycles. The molecule has 0 aromatic heterocycles. The van der Waals surface area contributed by atoms with E-state index in [4.69, 9.17) is 9.84 Å². The van der Waals surface area contributed by atoms with E-state index >= 15 is 0 Å². The highest BCUT2D eigenvalue weighted by molar-refractivity contribution is 5.73. The molecule has 2 amide bonds. The molecule has 18 heavy (non-hydrogen) atoms. The molecule has 0 bridgehead atoms. The number of aliphatic carboxylic acids is 1. The standard InChI is InChI=1S/C12H22N2O4/c15-11(16)3-1-2-6-13-12(17)14-9-10-4-7-18-8-5-10/h10H,1-9H2,(H,15,16)(H2,13,14,17). The lowest BCUT2D eigenvalue weighted by molar-refractivity contribution is -0.137. The number of carboxylic acids is 1. The van der Waals surface area contributed by atoms with Gasteiger partial charge in [-0.05, 0) is 31.6 Å². The Morgan fingerprint density at radius 2 is 1.89 bits per heavy atom. The molecule has 0 atom stereocenters. The third-order valence-corrected chi connectivity index (χ3v) is 3.00. The summed E-state index contributed by atoms with van der Waals surface area (Å²) in [6.07, 6.45) is 3.44. The van der Waals surface area contributed by atoms with Crippen molar-refractivity contribution in [3.63, 3.8) is 0 Å². The molecule has 6 heteroatoms. The van der Waals surface area contributed by atoms with Crippen LogP contribution in [0.25, 0.3) is 0 Å². The number of hydrogen-bond donors (Lipinski definition) is 3. The molecule has 104 valence electrons. The van der Waals surface area contributed by atoms with Gasteiger partial charge in [-0.3, -0.25) is 4.79 Å². The summed E-state index contributed by atoms with van der Waals surface area (Å²) < 4.78 is 5.24. The average molecular weight is 258 g/mol. The van der Waals surface area contributed by atoms with Gasteiger partial charge >= 0.3 is 12.0 Å². The summed E-state index contributed by atoms with van der Waals surface area (Å²) in [5, 5.41) is 14.0. The number of ether oxygens (including phenoxy) is 1. The molecule has 0 aliphatic carbocycles. The fourth-order valence-corrected chi connectivity index (χ4v) is 1.85. The highest BCUT2D eigenvalue weighted by Gasteiger charge is 2.14. The van der Waals surface area contributed by atoms with E-state index in [0.717, 1.165) is 26.1 Å². The van der Waals surface area contributed by atoms with Crippen molar-refractivity contribution in [1.29, 1.82) is 0 Å². The molecule has 1 aliphatic rings. The van der Waals surface area contributed by atoms with Gasteiger partial charge in [0, 0.05) is 32.7 Å². The normalized spacial score (nSPS) is 16.2. The van der Waals surface area contributed by atoms with Gasteiger partial charge in [-0.2, -0.15) is 0 Å². The van der Waals surface area contributed by atoms with Crippen molar-refractivity contribution in [3.05, 3.63) is 0 Å². The summed E-state index contributed by atoms with van der Waals surface area (Å²) in [4.78, 5) is 21.7. The molecule has 1 heterocycles. The van der Waals surface area contributed by atoms with Gasteiger partial charge in [0.15, 0.2) is 0 Å². The molecule has 0 spiro atoms. The van der Waals surface area contributed by atoms with Crippen LogP contribution in [-0.4, -0.2) is 43.4 Å². The summed E-state index contributed by atoms with van der Waals surface area (Å²) in [5.41, 5.74) is 0. The molecule has 0 saturated carbocycles. The number of hydrogen-bond acceptors (Lipinski definition) is 3. The van der Waals surface area contributed by atoms with Crippen LogP contribution in [0.3, 0.4) is 0 Å². The van der Waals surface area contributed by atoms with Gasteiger partial charge < -0.3 is 20.5 Å². The smallest absolute Gasteiger partial charge is 0.314 e. The van der Waals surface area contributed by atoms with Crippen LogP contribution in [0.2, 0.25) is 0 Å². The highest BCUT2D eigenvalue weighted by Crippen LogP contribution is 2.12. The predicted octanol–water partition coefficient (Wildman–Crippen LogP) is 0.967. The number of carbonyl (C=O) groups is 2. The minimum absolute atomic E-state index is 0.158. The van der Waals surface area contributed by atoms with Crippen LogP contribution < -0.4 is 10.6 Å². The van der Waals surface area contributed by atoms with Crippen LogP contribution in [-0.2, 0) is 9.53 Å². The molecule has 6 nitrogen and oxygen atoms in total. The second kappa shape index (κ2) is 8.74. The summed E-state index contributed by atoms with van der Waals surface area (Å²) in [6, 6.07) is -0.170. The zero-order chi connectivity index (χ0) is 13.2. The molecule has 1 aliphatic heterocycles. The maximum absolute atomic E-state index is 11.4. The Balaban J connectivity index is 1.94. The number of carbonyl (C=O) groups excluding carboxylic acids is 1. The summed E-state index contributed by atoms with van der Waals surface area (Å²) in [5.74, 6) is -0.282. The number of urea groups is 1. The Kier molecular flexibility index (Phi) is 7.17. The predicted molar refractivity (Wildman–Crippen MR) is 66.4 cm³/mol. The molecule has 3 N–H and O–H groups in total. The molecule has 1 fully saturated rings. The minimum Gasteiger partial charge on any atom is -0.481 e. The van der Waals surface area contributed by atoms with Crippen molar-refractivity contribution >= 4 is 12.0 Å². The topological polar surface area (TPSA) is 87.7 Å². The van der Waals surface area contributed by atoms with Crippen molar-refractivity contribution in [2.45, 2.75) is 32.1 Å². The Morgan fingerprint density at radius 3 is 2.56 bits per heavy atom. The van der Waals surface area contributed by atoms with E-state index in [0.29, 0.717) is 31.8 Å². The summed E-state index contributed by atoms with van der Waals surface area (Å²) >= 11 is 0. The summed E-state index contributed by atoms with van der Waals surface area (Å²) in [7, 11) is 0. The third kappa shape index (κ3) is 7.11. The second-order valence-corrected chi connectivity index (χ2v) is 4.54. The lowest BCUT2D eigenvalue weighted by atomic mass is 10.0. The Bertz CT molecular complexity index is 265. The number of carboxylic acid groups (broad SMARTS) is 1. The monoisotopic (exact) mass is 258 g/mol. The van der Waals surface area contributed by atoms with E-state index in [1.54, 1.807) is 0 Å². The van der Waals surface area contributed by atoms with Gasteiger partial charge in [0.05, 0.1) is 0 Å². The number of unbranched alkanes of at least 4 members (excludes halogenated alkanes) is 1. The summed E-state index contributed by atoms with van der Waals surface area (Å²) in [6.45, 7) is 2.77. The van der Waals surface area contributed by atoms with E-state index in [9.17, 15) is 9.59 Å². The fourth-order valence-electron chi connectivity index (χ4n) is 1.85. The molecule has 0 unspecified atom stereocenters. The van der Waals surface area contributed by atoms with E-state index < -0.39 is 5.97 Å². The highest BCUT2D eigenvalue weighted by atomic mass is 16.5. The van der Waals surface area contributed by atoms with Gasteiger partial charge in [0.2, 0.25) is 0 Å². The maximum atomic E-state index is 11.4. The van der Waals surface area contributed by atoms with Gasteiger partial charge in [0.25, 0.3) is 0 Å². The largest absolute Gasteiger partial charge is 0.481 e. The minimum atomic E-state index is -0.793. The van der Waals surface area contributed by atoms with Crippen LogP contribution in [0, 0.1) is 5.92 Å². The fraction of sp³-hybridized carbons (Fsp3) is 0.833. The third-order valence-electron chi connectivity index (χ3n) is 3.00. The molecule has 0 aromatic rings. The number of nitrogens with one attached hydrogen (secondary N) is 2. The molecular formula is C12H22N2O4. The Hall–Kier alpha value is -1.30. The SMILES string of the molecule is O=C(O)CCCCNC(=O)NCC1CCOCC1. The lowest BCUT2D eigenvalue weighted by Gasteiger charge is -2.22. The van der Waals surface area contributed by atoms with Crippen molar-refractivity contribution in [2.75, 3.05) is 26.3 Å². The zero-order valence-corrected chi connectivity index (χ0v) is 10.6. The lowest BCUT2D eigenvalue weighted by Crippen LogP contribution is -2.39. The van der Waals surface area contributed by atoms with Crippen LogP contribution in [0.15, 0.2) is 0 Å². The van der Waals surface area contributed by atoms with E-state index in [-0.39, 0.29) is 12.5 Å². The maximum Gasteiger partial charge on any atom is 0.314 e. The first-order chi connectivity index (χ1) is 8.68. The first-order valence-corrected chi connectivity index (χ1v) is 6.49. The van der Waals surface area contributed by atoms with E-state index in [1.807, 2.05) is 0 Å². The van der Waals surface area contributed by atoms with E-state index in [1.165, 1.54) is 0 Å². The Labute approximate surface area is 107 Å². The number of rotatable bonds is 7. The Morgan fingerprint density at radius 1 is 1.17 bits per heavy atom. The van der Waals surface area contributed by atoms with Gasteiger partial charge in [-0.25, -0.2) is 4.79 Å². The van der Waals surface area contributed by atoms with Crippen LogP contribution >= 0.6 is 0 Å². The van der Waals surface area contributed by atoms with Gasteiger partial charge in [0.1, 0.15) is 0 Å². The molecular weight excluding hydrogens is 236 g/mol. The van der Waals surface area contributed by atoms with E-state index in [2.05, 4.69) is 10.6 Å². The first-order valence-electron chi connectivity index (χ1n) is 6.49. The second-order valence-electron chi connectivity index (χ2n) is 4.54. The van der Waals surface area contributed by atoms with Crippen LogP contribution in [0.1, 0.15) is 32.1 Å². The van der Waals surface area contributed by atoms with Crippen molar-refractivity contribution in [3.8, 4) is 0 Å². The molecule has 0 aromatic carbocycles. The van der Waals surface area contributed by atoms with Crippen molar-refractivity contribution < 1.29 is 19.4 Å². The first kappa shape index (κ1) is 14.8. The van der Waals surface area contributed by atoms with Gasteiger partial charge in [-0.15, -0.1) is 0 Å². The van der Waals surface area contributed by atoms with Crippen molar-refractivity contribution in [2.24, 2.45) is 5.92 Å². The zero-order valence-electron chi connectivity index (χ0n) is 10.6. The quantitative estimate of drug-likeness (QED) is 0.594. The molecule has 1 rings (SSSR count). The molecule has 0 radical (unpaired) electrons. The average Bonchev–Trinajstić information content (AvgIpc) is 2.37. The van der Waals surface area contributed by atoms with Gasteiger partial charge in [-0.1, -0.05) is 0 Å². The number of amides is 2. The van der Waals surface area contributed by atoms with Crippen LogP contribution in [0.5, 0.6) is 0 Å². The van der Waals surface area contributed by atoms with Crippen LogP contribution in [0.4, 0.5) is 4.79 Å². The van der Waals surface area contributed by atoms with Crippen molar-refractivity contribution in [1.82, 2.24) is 10.6 Å².